The molecule has 0 aromatic rings. The van der Waals surface area contributed by atoms with Crippen LogP contribution in [-0.2, 0) is 0 Å². The molecule has 0 aliphatic heterocycles. The maximum Gasteiger partial charge on any atom is 0.0177 e. The lowest BCUT2D eigenvalue weighted by atomic mass is 10.1. The topological polar surface area (TPSA) is 0 Å². The molecule has 0 amide bonds. The average Bonchev–Trinajstić information content (AvgIpc) is 2.45. The fourth-order valence-electron chi connectivity index (χ4n) is 1.25. The van der Waals surface area contributed by atoms with Crippen molar-refractivity contribution in [1.29, 1.82) is 0 Å². The molecule has 0 heterocycles. The van der Waals surface area contributed by atoms with Gasteiger partial charge in [0.2, 0.25) is 0 Å². The Kier molecular flexibility index (Phi) is 9.41. The standard InChI is InChI=1S/C16H18.C2H6/c1-4-14(2)10-11-15(3)12-13-16-8-6-5-7-9-16;1-2/h5-6,8,10-11H,2-4,7,9H2,1H3;1-2H3/b11-10-;. The Morgan fingerprint density at radius 3 is 2.61 bits per heavy atom. The van der Waals surface area contributed by atoms with Gasteiger partial charge in [0, 0.05) is 11.1 Å². The van der Waals surface area contributed by atoms with Crippen molar-refractivity contribution in [3.05, 3.63) is 60.3 Å². The van der Waals surface area contributed by atoms with Crippen molar-refractivity contribution >= 4 is 0 Å². The molecule has 0 aromatic carbocycles. The summed E-state index contributed by atoms with van der Waals surface area (Å²) < 4.78 is 0. The van der Waals surface area contributed by atoms with Gasteiger partial charge in [-0.1, -0.05) is 75.6 Å². The molecule has 0 saturated heterocycles. The van der Waals surface area contributed by atoms with E-state index in [1.54, 1.807) is 0 Å². The van der Waals surface area contributed by atoms with Crippen molar-refractivity contribution in [2.45, 2.75) is 40.0 Å². The highest BCUT2D eigenvalue weighted by Crippen LogP contribution is 2.10. The molecule has 18 heavy (non-hydrogen) atoms. The third-order valence-corrected chi connectivity index (χ3v) is 2.37. The molecule has 0 fully saturated rings. The van der Waals surface area contributed by atoms with Gasteiger partial charge < -0.3 is 0 Å². The van der Waals surface area contributed by atoms with Crippen LogP contribution in [0, 0.1) is 11.8 Å². The van der Waals surface area contributed by atoms with Crippen molar-refractivity contribution in [3.63, 3.8) is 0 Å². The third-order valence-electron chi connectivity index (χ3n) is 2.37. The van der Waals surface area contributed by atoms with Crippen LogP contribution in [0.2, 0.25) is 0 Å². The molecule has 0 bridgehead atoms. The molecule has 0 saturated carbocycles. The predicted octanol–water partition coefficient (Wildman–Crippen LogP) is 5.37. The van der Waals surface area contributed by atoms with Crippen LogP contribution in [0.25, 0.3) is 0 Å². The van der Waals surface area contributed by atoms with E-state index >= 15 is 0 Å². The quantitative estimate of drug-likeness (QED) is 0.459. The van der Waals surface area contributed by atoms with Crippen LogP contribution in [0.5, 0.6) is 0 Å². The average molecular weight is 240 g/mol. The van der Waals surface area contributed by atoms with E-state index in [-0.39, 0.29) is 0 Å². The summed E-state index contributed by atoms with van der Waals surface area (Å²) in [5, 5.41) is 0. The minimum absolute atomic E-state index is 0.838. The molecule has 0 heteroatoms. The zero-order valence-electron chi connectivity index (χ0n) is 11.9. The molecule has 1 aliphatic rings. The number of allylic oxidation sites excluding steroid dienone is 8. The highest BCUT2D eigenvalue weighted by molar-refractivity contribution is 5.44. The molecule has 0 spiro atoms. The van der Waals surface area contributed by atoms with Crippen molar-refractivity contribution in [2.75, 3.05) is 0 Å². The first-order valence-electron chi connectivity index (χ1n) is 6.65. The second-order valence-corrected chi connectivity index (χ2v) is 3.78. The molecular formula is C18H24. The minimum Gasteiger partial charge on any atom is -0.0958 e. The Morgan fingerprint density at radius 1 is 1.33 bits per heavy atom. The van der Waals surface area contributed by atoms with Crippen molar-refractivity contribution in [3.8, 4) is 11.8 Å². The maximum absolute atomic E-state index is 3.90. The fourth-order valence-corrected chi connectivity index (χ4v) is 1.25. The van der Waals surface area contributed by atoms with Crippen LogP contribution in [0.1, 0.15) is 40.0 Å². The van der Waals surface area contributed by atoms with E-state index in [4.69, 9.17) is 0 Å². The van der Waals surface area contributed by atoms with Gasteiger partial charge in [0.05, 0.1) is 0 Å². The van der Waals surface area contributed by atoms with Crippen molar-refractivity contribution in [1.82, 2.24) is 0 Å². The van der Waals surface area contributed by atoms with E-state index in [0.29, 0.717) is 0 Å². The molecule has 96 valence electrons. The van der Waals surface area contributed by atoms with E-state index in [2.05, 4.69) is 50.2 Å². The van der Waals surface area contributed by atoms with Crippen LogP contribution in [-0.4, -0.2) is 0 Å². The summed E-state index contributed by atoms with van der Waals surface area (Å²) in [4.78, 5) is 0. The Morgan fingerprint density at radius 2 is 2.06 bits per heavy atom. The summed E-state index contributed by atoms with van der Waals surface area (Å²) in [6.07, 6.45) is 13.3. The van der Waals surface area contributed by atoms with E-state index < -0.39 is 0 Å². The smallest absolute Gasteiger partial charge is 0.0177 e. The molecule has 1 aliphatic carbocycles. The minimum atomic E-state index is 0.838. The van der Waals surface area contributed by atoms with Gasteiger partial charge in [0.25, 0.3) is 0 Å². The molecule has 1 rings (SSSR count). The van der Waals surface area contributed by atoms with Gasteiger partial charge in [-0.3, -0.25) is 0 Å². The van der Waals surface area contributed by atoms with Gasteiger partial charge in [-0.05, 0) is 25.3 Å². The van der Waals surface area contributed by atoms with Crippen LogP contribution in [0.4, 0.5) is 0 Å². The Labute approximate surface area is 112 Å². The summed E-state index contributed by atoms with van der Waals surface area (Å²) in [7, 11) is 0. The van der Waals surface area contributed by atoms with E-state index in [1.807, 2.05) is 26.0 Å². The summed E-state index contributed by atoms with van der Waals surface area (Å²) in [6, 6.07) is 0. The molecular weight excluding hydrogens is 216 g/mol. The summed E-state index contributed by atoms with van der Waals surface area (Å²) in [6.45, 7) is 13.9. The van der Waals surface area contributed by atoms with Gasteiger partial charge in [0.15, 0.2) is 0 Å². The van der Waals surface area contributed by atoms with Gasteiger partial charge in [-0.25, -0.2) is 0 Å². The predicted molar refractivity (Wildman–Crippen MR) is 83.3 cm³/mol. The number of rotatable bonds is 3. The van der Waals surface area contributed by atoms with Crippen LogP contribution in [0.3, 0.4) is 0 Å². The lowest BCUT2D eigenvalue weighted by Crippen LogP contribution is -1.83. The lowest BCUT2D eigenvalue weighted by molar-refractivity contribution is 1.000. The van der Waals surface area contributed by atoms with E-state index in [9.17, 15) is 0 Å². The van der Waals surface area contributed by atoms with Gasteiger partial charge in [-0.15, -0.1) is 0 Å². The number of hydrogen-bond acceptors (Lipinski definition) is 0. The van der Waals surface area contributed by atoms with E-state index in [0.717, 1.165) is 30.4 Å². The first-order valence-corrected chi connectivity index (χ1v) is 6.65. The van der Waals surface area contributed by atoms with E-state index in [1.165, 1.54) is 5.57 Å². The molecule has 0 aromatic heterocycles. The highest BCUT2D eigenvalue weighted by atomic mass is 14.0. The molecule has 0 N–H and O–H groups in total. The van der Waals surface area contributed by atoms with Gasteiger partial charge in [-0.2, -0.15) is 0 Å². The molecule has 0 unspecified atom stereocenters. The third kappa shape index (κ3) is 7.52. The molecule has 0 atom stereocenters. The van der Waals surface area contributed by atoms with Crippen LogP contribution >= 0.6 is 0 Å². The Bertz CT molecular complexity index is 417. The second-order valence-electron chi connectivity index (χ2n) is 3.78. The largest absolute Gasteiger partial charge is 0.0958 e. The monoisotopic (exact) mass is 240 g/mol. The lowest BCUT2D eigenvalue weighted by Gasteiger charge is -1.99. The summed E-state index contributed by atoms with van der Waals surface area (Å²) >= 11 is 0. The maximum atomic E-state index is 3.90. The summed E-state index contributed by atoms with van der Waals surface area (Å²) in [5.74, 6) is 6.20. The SMILES string of the molecule is C=C(C#CC1=CC=CCC1)/C=C\C(=C)CC.CC. The molecule has 0 nitrogen and oxygen atoms in total. The summed E-state index contributed by atoms with van der Waals surface area (Å²) in [5.41, 5.74) is 3.12. The van der Waals surface area contributed by atoms with Gasteiger partial charge >= 0.3 is 0 Å². The van der Waals surface area contributed by atoms with Crippen LogP contribution in [0.15, 0.2) is 60.3 Å². The first kappa shape index (κ1) is 16.3. The Balaban J connectivity index is 0.00000137. The normalized spacial score (nSPS) is 12.9. The highest BCUT2D eigenvalue weighted by Gasteiger charge is 1.93. The van der Waals surface area contributed by atoms with Crippen LogP contribution < -0.4 is 0 Å². The zero-order chi connectivity index (χ0) is 13.8. The van der Waals surface area contributed by atoms with Gasteiger partial charge in [0.1, 0.15) is 0 Å². The fraction of sp³-hybridized carbons (Fsp3) is 0.333. The first-order chi connectivity index (χ1) is 8.72. The van der Waals surface area contributed by atoms with Crippen molar-refractivity contribution in [2.24, 2.45) is 0 Å². The zero-order valence-corrected chi connectivity index (χ0v) is 11.9. The van der Waals surface area contributed by atoms with Crippen molar-refractivity contribution < 1.29 is 0 Å². The second kappa shape index (κ2) is 10.4. The molecule has 0 radical (unpaired) electrons. The Hall–Kier alpha value is -1.74. The number of hydrogen-bond donors (Lipinski definition) is 0.